The van der Waals surface area contributed by atoms with Crippen LogP contribution in [0.4, 0.5) is 0 Å². The first-order valence-electron chi connectivity index (χ1n) is 6.57. The van der Waals surface area contributed by atoms with Gasteiger partial charge in [-0.2, -0.15) is 0 Å². The third kappa shape index (κ3) is 2.45. The van der Waals surface area contributed by atoms with E-state index in [-0.39, 0.29) is 0 Å². The third-order valence-corrected chi connectivity index (χ3v) is 3.90. The van der Waals surface area contributed by atoms with E-state index in [0.29, 0.717) is 6.04 Å². The molecule has 1 aliphatic carbocycles. The van der Waals surface area contributed by atoms with Gasteiger partial charge in [0.15, 0.2) is 0 Å². The van der Waals surface area contributed by atoms with Crippen LogP contribution in [0.25, 0.3) is 0 Å². The lowest BCUT2D eigenvalue weighted by Crippen LogP contribution is -2.37. The lowest BCUT2D eigenvalue weighted by atomic mass is 10.0. The SMILES string of the molecule is NNC(CCc1ccc2c(c1)CCO2)C1CC1. The number of hydrogen-bond donors (Lipinski definition) is 2. The molecule has 1 fully saturated rings. The summed E-state index contributed by atoms with van der Waals surface area (Å²) in [6.45, 7) is 0.841. The molecule has 0 aromatic heterocycles. The lowest BCUT2D eigenvalue weighted by Gasteiger charge is -2.14. The van der Waals surface area contributed by atoms with Crippen LogP contribution in [0.2, 0.25) is 0 Å². The van der Waals surface area contributed by atoms with Gasteiger partial charge >= 0.3 is 0 Å². The molecule has 0 bridgehead atoms. The third-order valence-electron chi connectivity index (χ3n) is 3.90. The summed E-state index contributed by atoms with van der Waals surface area (Å²) in [4.78, 5) is 0. The molecule has 0 spiro atoms. The Morgan fingerprint density at radius 3 is 3.06 bits per heavy atom. The Hall–Kier alpha value is -1.06. The molecule has 1 aromatic carbocycles. The van der Waals surface area contributed by atoms with E-state index < -0.39 is 0 Å². The van der Waals surface area contributed by atoms with Crippen molar-refractivity contribution in [1.82, 2.24) is 5.43 Å². The van der Waals surface area contributed by atoms with Crippen molar-refractivity contribution in [3.05, 3.63) is 29.3 Å². The van der Waals surface area contributed by atoms with E-state index >= 15 is 0 Å². The molecule has 1 atom stereocenters. The monoisotopic (exact) mass is 232 g/mol. The Labute approximate surface area is 102 Å². The van der Waals surface area contributed by atoms with Gasteiger partial charge in [-0.15, -0.1) is 0 Å². The predicted octanol–water partition coefficient (Wildman–Crippen LogP) is 1.80. The highest BCUT2D eigenvalue weighted by atomic mass is 16.5. The summed E-state index contributed by atoms with van der Waals surface area (Å²) < 4.78 is 5.52. The van der Waals surface area contributed by atoms with E-state index in [9.17, 15) is 0 Å². The van der Waals surface area contributed by atoms with Crippen LogP contribution in [0.15, 0.2) is 18.2 Å². The van der Waals surface area contributed by atoms with Crippen molar-refractivity contribution in [1.29, 1.82) is 0 Å². The second kappa shape index (κ2) is 4.67. The van der Waals surface area contributed by atoms with E-state index in [4.69, 9.17) is 10.6 Å². The summed E-state index contributed by atoms with van der Waals surface area (Å²) in [6, 6.07) is 7.09. The molecule has 0 saturated heterocycles. The Bertz CT molecular complexity index is 401. The summed E-state index contributed by atoms with van der Waals surface area (Å²) >= 11 is 0. The summed E-state index contributed by atoms with van der Waals surface area (Å²) in [5, 5.41) is 0. The van der Waals surface area contributed by atoms with Crippen LogP contribution in [0, 0.1) is 5.92 Å². The number of fused-ring (bicyclic) bond motifs is 1. The quantitative estimate of drug-likeness (QED) is 0.601. The first kappa shape index (κ1) is 11.1. The number of hydrogen-bond acceptors (Lipinski definition) is 3. The molecule has 1 aromatic rings. The fraction of sp³-hybridized carbons (Fsp3) is 0.571. The van der Waals surface area contributed by atoms with Gasteiger partial charge in [0.05, 0.1) is 6.61 Å². The maximum absolute atomic E-state index is 5.60. The Morgan fingerprint density at radius 1 is 1.41 bits per heavy atom. The zero-order valence-electron chi connectivity index (χ0n) is 10.1. The van der Waals surface area contributed by atoms with Crippen LogP contribution in [0.5, 0.6) is 5.75 Å². The summed E-state index contributed by atoms with van der Waals surface area (Å²) in [7, 11) is 0. The Kier molecular flexibility index (Phi) is 3.04. The zero-order chi connectivity index (χ0) is 11.7. The maximum Gasteiger partial charge on any atom is 0.122 e. The van der Waals surface area contributed by atoms with E-state index in [0.717, 1.165) is 37.5 Å². The molecule has 1 aliphatic heterocycles. The van der Waals surface area contributed by atoms with Gasteiger partial charge in [0, 0.05) is 12.5 Å². The molecule has 3 nitrogen and oxygen atoms in total. The fourth-order valence-electron chi connectivity index (χ4n) is 2.67. The van der Waals surface area contributed by atoms with Gasteiger partial charge in [-0.25, -0.2) is 0 Å². The average molecular weight is 232 g/mol. The number of nitrogens with one attached hydrogen (secondary N) is 1. The number of aryl methyl sites for hydroxylation is 1. The van der Waals surface area contributed by atoms with E-state index in [1.165, 1.54) is 24.0 Å². The minimum absolute atomic E-state index is 0.500. The largest absolute Gasteiger partial charge is 0.493 e. The normalized spacial score (nSPS) is 19.8. The van der Waals surface area contributed by atoms with Gasteiger partial charge in [0.2, 0.25) is 0 Å². The first-order valence-corrected chi connectivity index (χ1v) is 6.57. The van der Waals surface area contributed by atoms with Crippen molar-refractivity contribution < 1.29 is 4.74 Å². The molecule has 3 heteroatoms. The number of nitrogens with two attached hydrogens (primary N) is 1. The van der Waals surface area contributed by atoms with Crippen LogP contribution >= 0.6 is 0 Å². The highest BCUT2D eigenvalue weighted by molar-refractivity contribution is 5.39. The summed E-state index contributed by atoms with van der Waals surface area (Å²) in [6.07, 6.45) is 5.99. The molecule has 1 heterocycles. The molecule has 2 aliphatic rings. The molecule has 3 N–H and O–H groups in total. The standard InChI is InChI=1S/C14H20N2O/c15-16-13(11-3-4-11)5-1-10-2-6-14-12(9-10)7-8-17-14/h2,6,9,11,13,16H,1,3-5,7-8,15H2. The van der Waals surface area contributed by atoms with Crippen molar-refractivity contribution in [2.45, 2.75) is 38.1 Å². The molecule has 0 radical (unpaired) electrons. The first-order chi connectivity index (χ1) is 8.36. The van der Waals surface area contributed by atoms with Crippen molar-refractivity contribution in [3.63, 3.8) is 0 Å². The van der Waals surface area contributed by atoms with E-state index in [1.807, 2.05) is 0 Å². The topological polar surface area (TPSA) is 47.3 Å². The van der Waals surface area contributed by atoms with Crippen molar-refractivity contribution in [3.8, 4) is 5.75 Å². The fourth-order valence-corrected chi connectivity index (χ4v) is 2.67. The zero-order valence-corrected chi connectivity index (χ0v) is 10.1. The smallest absolute Gasteiger partial charge is 0.122 e. The molecule has 17 heavy (non-hydrogen) atoms. The average Bonchev–Trinajstić information content (AvgIpc) is 3.08. The minimum Gasteiger partial charge on any atom is -0.493 e. The highest BCUT2D eigenvalue weighted by Gasteiger charge is 2.29. The number of hydrazine groups is 1. The Morgan fingerprint density at radius 2 is 2.29 bits per heavy atom. The predicted molar refractivity (Wildman–Crippen MR) is 67.8 cm³/mol. The molecule has 1 saturated carbocycles. The molecular formula is C14H20N2O. The molecular weight excluding hydrogens is 212 g/mol. The molecule has 0 amide bonds. The maximum atomic E-state index is 5.60. The highest BCUT2D eigenvalue weighted by Crippen LogP contribution is 2.34. The summed E-state index contributed by atoms with van der Waals surface area (Å²) in [5.41, 5.74) is 5.74. The van der Waals surface area contributed by atoms with Crippen LogP contribution < -0.4 is 16.0 Å². The van der Waals surface area contributed by atoms with E-state index in [2.05, 4.69) is 23.6 Å². The second-order valence-electron chi connectivity index (χ2n) is 5.19. The minimum atomic E-state index is 0.500. The van der Waals surface area contributed by atoms with Gasteiger partial charge in [0.25, 0.3) is 0 Å². The second-order valence-corrected chi connectivity index (χ2v) is 5.19. The van der Waals surface area contributed by atoms with Crippen molar-refractivity contribution in [2.75, 3.05) is 6.61 Å². The van der Waals surface area contributed by atoms with Gasteiger partial charge in [-0.1, -0.05) is 12.1 Å². The van der Waals surface area contributed by atoms with Gasteiger partial charge in [-0.3, -0.25) is 11.3 Å². The van der Waals surface area contributed by atoms with Crippen LogP contribution in [0.1, 0.15) is 30.4 Å². The van der Waals surface area contributed by atoms with Crippen molar-refractivity contribution >= 4 is 0 Å². The van der Waals surface area contributed by atoms with Gasteiger partial charge < -0.3 is 4.74 Å². The Balaban J connectivity index is 1.61. The van der Waals surface area contributed by atoms with E-state index in [1.54, 1.807) is 0 Å². The number of ether oxygens (including phenoxy) is 1. The lowest BCUT2D eigenvalue weighted by molar-refractivity contribution is 0.357. The van der Waals surface area contributed by atoms with Crippen molar-refractivity contribution in [2.24, 2.45) is 11.8 Å². The summed E-state index contributed by atoms with van der Waals surface area (Å²) in [5.74, 6) is 7.49. The number of benzene rings is 1. The van der Waals surface area contributed by atoms with Gasteiger partial charge in [-0.05, 0) is 48.8 Å². The molecule has 1 unspecified atom stereocenters. The van der Waals surface area contributed by atoms with Crippen LogP contribution in [-0.2, 0) is 12.8 Å². The van der Waals surface area contributed by atoms with Crippen LogP contribution in [-0.4, -0.2) is 12.6 Å². The molecule has 92 valence electrons. The van der Waals surface area contributed by atoms with Crippen LogP contribution in [0.3, 0.4) is 0 Å². The molecule has 3 rings (SSSR count). The van der Waals surface area contributed by atoms with Gasteiger partial charge in [0.1, 0.15) is 5.75 Å². The number of rotatable bonds is 5.